The molecule has 0 nitrogen and oxygen atoms in total. The number of benzene rings is 4. The third-order valence-electron chi connectivity index (χ3n) is 5.79. The molecule has 39 heavy (non-hydrogen) atoms. The van der Waals surface area contributed by atoms with Crippen molar-refractivity contribution >= 4 is 5.57 Å². The van der Waals surface area contributed by atoms with Crippen molar-refractivity contribution < 1.29 is 0 Å². The summed E-state index contributed by atoms with van der Waals surface area (Å²) in [6.07, 6.45) is 0. The van der Waals surface area contributed by atoms with Crippen molar-refractivity contribution in [3.8, 4) is 0 Å². The highest BCUT2D eigenvalue weighted by Crippen LogP contribution is 2.30. The number of rotatable bonds is 4. The summed E-state index contributed by atoms with van der Waals surface area (Å²) in [5.41, 5.74) is 8.82. The van der Waals surface area contributed by atoms with Crippen LogP contribution in [0.4, 0.5) is 0 Å². The van der Waals surface area contributed by atoms with Crippen LogP contribution in [0.15, 0.2) is 116 Å². The minimum Gasteiger partial charge on any atom is -0.0906 e. The van der Waals surface area contributed by atoms with Crippen molar-refractivity contribution in [2.45, 2.75) is 88.5 Å². The highest BCUT2D eigenvalue weighted by Gasteiger charge is 2.21. The zero-order valence-corrected chi connectivity index (χ0v) is 27.1. The maximum absolute atomic E-state index is 4.15. The van der Waals surface area contributed by atoms with Gasteiger partial charge in [-0.15, -0.1) is 0 Å². The van der Waals surface area contributed by atoms with Gasteiger partial charge in [0.15, 0.2) is 0 Å². The first kappa shape index (κ1) is 37.8. The molecule has 0 heteroatoms. The van der Waals surface area contributed by atoms with Crippen molar-refractivity contribution in [3.05, 3.63) is 149 Å². The SMILES string of the molecule is C=C(c1ccc(C)cc1)c1ccc(C)cc1.CC.CC.CC.CC.CC(C)(c1ccccc1)c1ccccc1. The van der Waals surface area contributed by atoms with Gasteiger partial charge in [-0.3, -0.25) is 0 Å². The summed E-state index contributed by atoms with van der Waals surface area (Å²) >= 11 is 0. The molecule has 0 fully saturated rings. The van der Waals surface area contributed by atoms with Gasteiger partial charge in [-0.2, -0.15) is 0 Å². The van der Waals surface area contributed by atoms with E-state index in [1.54, 1.807) is 0 Å². The maximum atomic E-state index is 4.15. The molecule has 0 saturated carbocycles. The second-order valence-electron chi connectivity index (χ2n) is 8.57. The second kappa shape index (κ2) is 22.6. The van der Waals surface area contributed by atoms with E-state index in [0.717, 1.165) is 5.57 Å². The van der Waals surface area contributed by atoms with Crippen LogP contribution in [0.5, 0.6) is 0 Å². The van der Waals surface area contributed by atoms with Crippen molar-refractivity contribution in [2.75, 3.05) is 0 Å². The zero-order chi connectivity index (χ0) is 30.3. The lowest BCUT2D eigenvalue weighted by atomic mass is 9.78. The normalized spacial score (nSPS) is 9.13. The van der Waals surface area contributed by atoms with Gasteiger partial charge in [0.1, 0.15) is 0 Å². The number of hydrogen-bond donors (Lipinski definition) is 0. The lowest BCUT2D eigenvalue weighted by Gasteiger charge is -2.25. The predicted octanol–water partition coefficient (Wildman–Crippen LogP) is 12.5. The van der Waals surface area contributed by atoms with Crippen LogP contribution in [0.25, 0.3) is 5.57 Å². The van der Waals surface area contributed by atoms with Gasteiger partial charge in [0.25, 0.3) is 0 Å². The Labute approximate surface area is 242 Å². The monoisotopic (exact) mass is 524 g/mol. The Morgan fingerprint density at radius 1 is 0.436 bits per heavy atom. The van der Waals surface area contributed by atoms with E-state index in [9.17, 15) is 0 Å². The van der Waals surface area contributed by atoms with Crippen LogP contribution >= 0.6 is 0 Å². The van der Waals surface area contributed by atoms with Crippen LogP contribution in [-0.2, 0) is 5.41 Å². The van der Waals surface area contributed by atoms with E-state index >= 15 is 0 Å². The van der Waals surface area contributed by atoms with Crippen LogP contribution in [0.2, 0.25) is 0 Å². The molecular weight excluding hydrogens is 468 g/mol. The first-order chi connectivity index (χ1) is 18.9. The molecule has 0 aliphatic rings. The Kier molecular flexibility index (Phi) is 21.9. The average molecular weight is 525 g/mol. The van der Waals surface area contributed by atoms with Gasteiger partial charge in [-0.05, 0) is 41.7 Å². The summed E-state index contributed by atoms with van der Waals surface area (Å²) in [5, 5.41) is 0. The summed E-state index contributed by atoms with van der Waals surface area (Å²) in [7, 11) is 0. The first-order valence-corrected chi connectivity index (χ1v) is 14.8. The fourth-order valence-corrected chi connectivity index (χ4v) is 3.55. The molecule has 212 valence electrons. The Balaban J connectivity index is 0. The lowest BCUT2D eigenvalue weighted by molar-refractivity contribution is 0.641. The highest BCUT2D eigenvalue weighted by atomic mass is 14.2. The Morgan fingerprint density at radius 2 is 0.692 bits per heavy atom. The molecule has 4 aromatic carbocycles. The molecule has 0 saturated heterocycles. The predicted molar refractivity (Wildman–Crippen MR) is 181 cm³/mol. The quantitative estimate of drug-likeness (QED) is 0.249. The molecule has 4 aromatic rings. The first-order valence-electron chi connectivity index (χ1n) is 14.8. The van der Waals surface area contributed by atoms with E-state index in [2.05, 4.69) is 143 Å². The van der Waals surface area contributed by atoms with Crippen LogP contribution in [-0.4, -0.2) is 0 Å². The topological polar surface area (TPSA) is 0 Å². The summed E-state index contributed by atoms with van der Waals surface area (Å²) in [5.74, 6) is 0. The molecule has 4 rings (SSSR count). The molecule has 0 aliphatic heterocycles. The van der Waals surface area contributed by atoms with Gasteiger partial charge in [-0.25, -0.2) is 0 Å². The molecule has 0 radical (unpaired) electrons. The van der Waals surface area contributed by atoms with E-state index < -0.39 is 0 Å². The summed E-state index contributed by atoms with van der Waals surface area (Å²) in [6.45, 7) is 28.9. The minimum atomic E-state index is 0.0858. The Hall–Kier alpha value is -3.38. The molecule has 0 amide bonds. The van der Waals surface area contributed by atoms with Crippen LogP contribution in [0.3, 0.4) is 0 Å². The van der Waals surface area contributed by atoms with Gasteiger partial charge in [-0.1, -0.05) is 196 Å². The van der Waals surface area contributed by atoms with Gasteiger partial charge >= 0.3 is 0 Å². The average Bonchev–Trinajstić information content (AvgIpc) is 3.03. The van der Waals surface area contributed by atoms with E-state index in [0.29, 0.717) is 0 Å². The van der Waals surface area contributed by atoms with Crippen molar-refractivity contribution in [1.82, 2.24) is 0 Å². The summed E-state index contributed by atoms with van der Waals surface area (Å²) < 4.78 is 0. The Morgan fingerprint density at radius 3 is 0.949 bits per heavy atom. The van der Waals surface area contributed by atoms with E-state index in [-0.39, 0.29) is 5.41 Å². The maximum Gasteiger partial charge on any atom is 0.0146 e. The zero-order valence-electron chi connectivity index (χ0n) is 27.1. The van der Waals surface area contributed by atoms with Crippen molar-refractivity contribution in [3.63, 3.8) is 0 Å². The standard InChI is InChI=1S/C16H16.C15H16.4C2H6/c1-12-4-8-15(9-5-12)14(3)16-10-6-13(2)7-11-16;1-15(2,13-9-5-3-6-10-13)14-11-7-4-8-12-14;4*1-2/h4-11H,3H2,1-2H3;3-12H,1-2H3;4*1-2H3. The van der Waals surface area contributed by atoms with Crippen LogP contribution in [0.1, 0.15) is 103 Å². The largest absolute Gasteiger partial charge is 0.0906 e. The second-order valence-corrected chi connectivity index (χ2v) is 8.57. The van der Waals surface area contributed by atoms with Crippen LogP contribution < -0.4 is 0 Å². The molecule has 0 unspecified atom stereocenters. The van der Waals surface area contributed by atoms with Crippen molar-refractivity contribution in [1.29, 1.82) is 0 Å². The Bertz CT molecular complexity index is 995. The van der Waals surface area contributed by atoms with Crippen LogP contribution in [0, 0.1) is 13.8 Å². The van der Waals surface area contributed by atoms with Gasteiger partial charge in [0.05, 0.1) is 0 Å². The molecule has 0 atom stereocenters. The molecule has 0 aromatic heterocycles. The molecular formula is C39H56. The van der Waals surface area contributed by atoms with E-state index in [1.807, 2.05) is 55.4 Å². The van der Waals surface area contributed by atoms with E-state index in [4.69, 9.17) is 0 Å². The minimum absolute atomic E-state index is 0.0858. The molecule has 0 aliphatic carbocycles. The van der Waals surface area contributed by atoms with Gasteiger partial charge in [0.2, 0.25) is 0 Å². The highest BCUT2D eigenvalue weighted by molar-refractivity contribution is 5.78. The fourth-order valence-electron chi connectivity index (χ4n) is 3.55. The third-order valence-corrected chi connectivity index (χ3v) is 5.79. The summed E-state index contributed by atoms with van der Waals surface area (Å²) in [6, 6.07) is 38.2. The fraction of sp³-hybridized carbons (Fsp3) is 0.333. The smallest absolute Gasteiger partial charge is 0.0146 e. The molecule has 0 bridgehead atoms. The third kappa shape index (κ3) is 13.3. The molecule has 0 spiro atoms. The lowest BCUT2D eigenvalue weighted by Crippen LogP contribution is -2.18. The summed E-state index contributed by atoms with van der Waals surface area (Å²) in [4.78, 5) is 0. The van der Waals surface area contributed by atoms with Crippen molar-refractivity contribution in [2.24, 2.45) is 0 Å². The van der Waals surface area contributed by atoms with E-state index in [1.165, 1.54) is 33.4 Å². The number of hydrogen-bond acceptors (Lipinski definition) is 0. The van der Waals surface area contributed by atoms with Gasteiger partial charge in [0, 0.05) is 5.41 Å². The molecule has 0 heterocycles. The molecule has 0 N–H and O–H groups in total. The van der Waals surface area contributed by atoms with Gasteiger partial charge < -0.3 is 0 Å². The number of aryl methyl sites for hydroxylation is 2.